The molecule has 2 fully saturated rings. The average molecular weight is 357 g/mol. The number of rotatable bonds is 6. The summed E-state index contributed by atoms with van der Waals surface area (Å²) in [5.41, 5.74) is 0.989. The van der Waals surface area contributed by atoms with E-state index in [1.807, 2.05) is 13.0 Å². The Balaban J connectivity index is 1.61. The molecule has 1 aliphatic heterocycles. The fourth-order valence-corrected chi connectivity index (χ4v) is 3.39. The van der Waals surface area contributed by atoms with E-state index in [2.05, 4.69) is 34.3 Å². The highest BCUT2D eigenvalue weighted by Gasteiger charge is 2.32. The van der Waals surface area contributed by atoms with Crippen LogP contribution in [-0.2, 0) is 4.74 Å². The summed E-state index contributed by atoms with van der Waals surface area (Å²) >= 11 is 0. The van der Waals surface area contributed by atoms with E-state index in [0.717, 1.165) is 49.2 Å². The van der Waals surface area contributed by atoms with Gasteiger partial charge in [0.25, 0.3) is 0 Å². The van der Waals surface area contributed by atoms with Crippen LogP contribution in [0.4, 0.5) is 5.82 Å². The molecule has 0 bridgehead atoms. The van der Waals surface area contributed by atoms with Gasteiger partial charge in [-0.1, -0.05) is 19.0 Å². The molecule has 0 aromatic carbocycles. The number of nitrogens with one attached hydrogen (secondary N) is 1. The fourth-order valence-electron chi connectivity index (χ4n) is 3.39. The SMILES string of the molecule is Cc1cc(N[C@@H](c2nc(C(C)C)no2)C2CCOCC2)nc(C2CC2)n1. The highest BCUT2D eigenvalue weighted by Crippen LogP contribution is 2.39. The molecule has 1 saturated carbocycles. The van der Waals surface area contributed by atoms with E-state index in [0.29, 0.717) is 17.7 Å². The van der Waals surface area contributed by atoms with Gasteiger partial charge < -0.3 is 14.6 Å². The first-order chi connectivity index (χ1) is 12.6. The Labute approximate surface area is 154 Å². The topological polar surface area (TPSA) is 86.0 Å². The van der Waals surface area contributed by atoms with Crippen molar-refractivity contribution >= 4 is 5.82 Å². The molecule has 4 rings (SSSR count). The molecule has 26 heavy (non-hydrogen) atoms. The maximum absolute atomic E-state index is 5.63. The number of anilines is 1. The molecule has 1 N–H and O–H groups in total. The second-order valence-corrected chi connectivity index (χ2v) is 7.74. The molecular weight excluding hydrogens is 330 g/mol. The van der Waals surface area contributed by atoms with Crippen LogP contribution < -0.4 is 5.32 Å². The van der Waals surface area contributed by atoms with Crippen LogP contribution in [-0.4, -0.2) is 33.3 Å². The van der Waals surface area contributed by atoms with Crippen LogP contribution in [0.3, 0.4) is 0 Å². The first-order valence-electron chi connectivity index (χ1n) is 9.63. The summed E-state index contributed by atoms with van der Waals surface area (Å²) in [4.78, 5) is 14.0. The van der Waals surface area contributed by atoms with Crippen molar-refractivity contribution < 1.29 is 9.26 Å². The molecule has 3 heterocycles. The van der Waals surface area contributed by atoms with Crippen molar-refractivity contribution in [2.24, 2.45) is 5.92 Å². The summed E-state index contributed by atoms with van der Waals surface area (Å²) in [6.07, 6.45) is 4.31. The van der Waals surface area contributed by atoms with E-state index in [9.17, 15) is 0 Å². The zero-order valence-corrected chi connectivity index (χ0v) is 15.7. The predicted octanol–water partition coefficient (Wildman–Crippen LogP) is 3.75. The zero-order chi connectivity index (χ0) is 18.1. The third-order valence-electron chi connectivity index (χ3n) is 5.09. The summed E-state index contributed by atoms with van der Waals surface area (Å²) in [5, 5.41) is 7.73. The molecule has 7 nitrogen and oxygen atoms in total. The van der Waals surface area contributed by atoms with Gasteiger partial charge in [-0.25, -0.2) is 9.97 Å². The van der Waals surface area contributed by atoms with Crippen molar-refractivity contribution in [3.8, 4) is 0 Å². The third kappa shape index (κ3) is 3.87. The first kappa shape index (κ1) is 17.4. The average Bonchev–Trinajstić information content (AvgIpc) is 3.37. The van der Waals surface area contributed by atoms with Gasteiger partial charge in [0.15, 0.2) is 5.82 Å². The summed E-state index contributed by atoms with van der Waals surface area (Å²) in [6, 6.07) is 1.94. The highest BCUT2D eigenvalue weighted by molar-refractivity contribution is 5.39. The van der Waals surface area contributed by atoms with E-state index in [-0.39, 0.29) is 12.0 Å². The number of hydrogen-bond acceptors (Lipinski definition) is 7. The Kier molecular flexibility index (Phi) is 4.89. The standard InChI is InChI=1S/C19H27N5O2/c1-11(2)17-23-19(26-24-17)16(13-6-8-25-9-7-13)21-15-10-12(3)20-18(22-15)14-4-5-14/h10-11,13-14,16H,4-9H2,1-3H3,(H,20,21,22)/t16-/m1/s1. The van der Waals surface area contributed by atoms with Crippen LogP contribution in [0.1, 0.15) is 80.6 Å². The summed E-state index contributed by atoms with van der Waals surface area (Å²) < 4.78 is 11.2. The lowest BCUT2D eigenvalue weighted by atomic mass is 9.91. The number of hydrogen-bond donors (Lipinski definition) is 1. The van der Waals surface area contributed by atoms with E-state index in [1.165, 1.54) is 12.8 Å². The van der Waals surface area contributed by atoms with Crippen molar-refractivity contribution in [2.45, 2.75) is 64.3 Å². The smallest absolute Gasteiger partial charge is 0.249 e. The molecule has 140 valence electrons. The minimum Gasteiger partial charge on any atom is -0.381 e. The zero-order valence-electron chi connectivity index (χ0n) is 15.7. The van der Waals surface area contributed by atoms with Crippen LogP contribution in [0, 0.1) is 12.8 Å². The van der Waals surface area contributed by atoms with Crippen LogP contribution in [0.25, 0.3) is 0 Å². The largest absolute Gasteiger partial charge is 0.381 e. The lowest BCUT2D eigenvalue weighted by Crippen LogP contribution is -2.28. The molecule has 2 aromatic heterocycles. The van der Waals surface area contributed by atoms with Crippen LogP contribution >= 0.6 is 0 Å². The van der Waals surface area contributed by atoms with E-state index < -0.39 is 0 Å². The normalized spacial score (nSPS) is 19.7. The Morgan fingerprint density at radius 2 is 1.85 bits per heavy atom. The molecule has 2 aliphatic rings. The summed E-state index contributed by atoms with van der Waals surface area (Å²) in [5.74, 6) is 4.33. The molecule has 0 unspecified atom stereocenters. The van der Waals surface area contributed by atoms with Crippen molar-refractivity contribution in [3.05, 3.63) is 29.3 Å². The van der Waals surface area contributed by atoms with Gasteiger partial charge in [0.2, 0.25) is 5.89 Å². The van der Waals surface area contributed by atoms with Gasteiger partial charge in [0.05, 0.1) is 0 Å². The maximum atomic E-state index is 5.63. The molecule has 2 aromatic rings. The first-order valence-corrected chi connectivity index (χ1v) is 9.63. The molecule has 1 aliphatic carbocycles. The third-order valence-corrected chi connectivity index (χ3v) is 5.09. The van der Waals surface area contributed by atoms with Gasteiger partial charge in [0.1, 0.15) is 17.7 Å². The highest BCUT2D eigenvalue weighted by atomic mass is 16.5. The Hall–Kier alpha value is -2.02. The molecule has 7 heteroatoms. The van der Waals surface area contributed by atoms with Crippen LogP contribution in [0.2, 0.25) is 0 Å². The quantitative estimate of drug-likeness (QED) is 0.842. The molecule has 0 radical (unpaired) electrons. The van der Waals surface area contributed by atoms with Gasteiger partial charge in [-0.3, -0.25) is 0 Å². The minimum atomic E-state index is -0.0553. The van der Waals surface area contributed by atoms with Gasteiger partial charge in [-0.05, 0) is 38.5 Å². The van der Waals surface area contributed by atoms with Crippen molar-refractivity contribution in [2.75, 3.05) is 18.5 Å². The Morgan fingerprint density at radius 3 is 2.50 bits per heavy atom. The molecular formula is C19H27N5O2. The summed E-state index contributed by atoms with van der Waals surface area (Å²) in [7, 11) is 0. The van der Waals surface area contributed by atoms with Gasteiger partial charge in [0, 0.05) is 36.8 Å². The van der Waals surface area contributed by atoms with Crippen molar-refractivity contribution in [1.82, 2.24) is 20.1 Å². The van der Waals surface area contributed by atoms with Crippen LogP contribution in [0.15, 0.2) is 10.6 Å². The van der Waals surface area contributed by atoms with Crippen molar-refractivity contribution in [3.63, 3.8) is 0 Å². The molecule has 1 atom stereocenters. The van der Waals surface area contributed by atoms with E-state index in [4.69, 9.17) is 14.2 Å². The number of nitrogens with zero attached hydrogens (tertiary/aromatic N) is 4. The Morgan fingerprint density at radius 1 is 1.08 bits per heavy atom. The predicted molar refractivity (Wildman–Crippen MR) is 97.0 cm³/mol. The second kappa shape index (κ2) is 7.31. The lowest BCUT2D eigenvalue weighted by molar-refractivity contribution is 0.0570. The molecule has 0 amide bonds. The van der Waals surface area contributed by atoms with Gasteiger partial charge in [-0.15, -0.1) is 0 Å². The number of aromatic nitrogens is 4. The van der Waals surface area contributed by atoms with E-state index >= 15 is 0 Å². The van der Waals surface area contributed by atoms with Gasteiger partial charge >= 0.3 is 0 Å². The lowest BCUT2D eigenvalue weighted by Gasteiger charge is -2.29. The van der Waals surface area contributed by atoms with Crippen molar-refractivity contribution in [1.29, 1.82) is 0 Å². The fraction of sp³-hybridized carbons (Fsp3) is 0.684. The monoisotopic (exact) mass is 357 g/mol. The van der Waals surface area contributed by atoms with E-state index in [1.54, 1.807) is 0 Å². The number of aryl methyl sites for hydroxylation is 1. The number of ether oxygens (including phenoxy) is 1. The van der Waals surface area contributed by atoms with Gasteiger partial charge in [-0.2, -0.15) is 4.98 Å². The van der Waals surface area contributed by atoms with Crippen LogP contribution in [0.5, 0.6) is 0 Å². The summed E-state index contributed by atoms with van der Waals surface area (Å²) in [6.45, 7) is 7.70. The molecule has 0 spiro atoms. The minimum absolute atomic E-state index is 0.0553. The Bertz CT molecular complexity index is 750. The maximum Gasteiger partial charge on any atom is 0.249 e. The molecule has 1 saturated heterocycles. The second-order valence-electron chi connectivity index (χ2n) is 7.74.